The second-order valence-corrected chi connectivity index (χ2v) is 7.19. The van der Waals surface area contributed by atoms with E-state index in [2.05, 4.69) is 0 Å². The molecule has 6 heteroatoms. The molecule has 0 radical (unpaired) electrons. The number of hydrogen-bond acceptors (Lipinski definition) is 1. The normalized spacial score (nSPS) is 12.2. The van der Waals surface area contributed by atoms with Crippen molar-refractivity contribution in [3.8, 4) is 11.4 Å². The lowest BCUT2D eigenvalue weighted by Gasteiger charge is -2.12. The highest BCUT2D eigenvalue weighted by molar-refractivity contribution is 6.18. The minimum Gasteiger partial charge on any atom is -0.293 e. The molecule has 0 spiro atoms. The van der Waals surface area contributed by atoms with Crippen molar-refractivity contribution in [2.24, 2.45) is 0 Å². The summed E-state index contributed by atoms with van der Waals surface area (Å²) in [4.78, 5) is 4.74. The topological polar surface area (TPSA) is 17.3 Å². The molecule has 4 rings (SSSR count). The standard InChI is InChI=1S/C22H18ClF3N2/c1-13-14(2)27-21(15-7-4-3-5-8-15)28-18-10-6-9-17(22(24,25)26)19(18)16(11-12-23)20(13)28/h3-10H,11-12H2,1-2H3. The number of rotatable bonds is 3. The summed E-state index contributed by atoms with van der Waals surface area (Å²) < 4.78 is 43.3. The second-order valence-electron chi connectivity index (χ2n) is 6.81. The molecule has 2 aromatic carbocycles. The van der Waals surface area contributed by atoms with Crippen LogP contribution >= 0.6 is 11.6 Å². The first kappa shape index (κ1) is 18.8. The molecule has 0 aliphatic heterocycles. The van der Waals surface area contributed by atoms with Gasteiger partial charge >= 0.3 is 6.18 Å². The molecule has 0 bridgehead atoms. The molecule has 0 amide bonds. The Hall–Kier alpha value is -2.53. The first-order valence-corrected chi connectivity index (χ1v) is 9.50. The first-order valence-electron chi connectivity index (χ1n) is 8.96. The van der Waals surface area contributed by atoms with Crippen molar-refractivity contribution in [2.75, 3.05) is 5.88 Å². The average Bonchev–Trinajstić information content (AvgIpc) is 3.00. The number of alkyl halides is 4. The number of hydrogen-bond donors (Lipinski definition) is 0. The maximum atomic E-state index is 13.8. The molecule has 0 atom stereocenters. The summed E-state index contributed by atoms with van der Waals surface area (Å²) in [5.41, 5.74) is 3.76. The van der Waals surface area contributed by atoms with Gasteiger partial charge in [-0.3, -0.25) is 4.40 Å². The van der Waals surface area contributed by atoms with E-state index in [4.69, 9.17) is 16.6 Å². The third-order valence-corrected chi connectivity index (χ3v) is 5.35. The Labute approximate surface area is 165 Å². The van der Waals surface area contributed by atoms with E-state index < -0.39 is 11.7 Å². The second kappa shape index (κ2) is 6.82. The first-order chi connectivity index (χ1) is 13.3. The number of nitrogens with zero attached hydrogens (tertiary/aromatic N) is 2. The highest BCUT2D eigenvalue weighted by Gasteiger charge is 2.35. The summed E-state index contributed by atoms with van der Waals surface area (Å²) in [6.45, 7) is 3.78. The molecule has 144 valence electrons. The van der Waals surface area contributed by atoms with Gasteiger partial charge in [0.15, 0.2) is 0 Å². The molecular weight excluding hydrogens is 385 g/mol. The van der Waals surface area contributed by atoms with Gasteiger partial charge in [0.2, 0.25) is 0 Å². The zero-order valence-corrected chi connectivity index (χ0v) is 16.2. The van der Waals surface area contributed by atoms with Gasteiger partial charge in [0.1, 0.15) is 5.82 Å². The Morgan fingerprint density at radius 2 is 1.71 bits per heavy atom. The van der Waals surface area contributed by atoms with E-state index in [1.54, 1.807) is 6.07 Å². The van der Waals surface area contributed by atoms with Crippen LogP contribution in [0, 0.1) is 13.8 Å². The fourth-order valence-electron chi connectivity index (χ4n) is 3.85. The molecule has 0 saturated heterocycles. The predicted octanol–water partition coefficient (Wildman–Crippen LogP) is 6.57. The monoisotopic (exact) mass is 402 g/mol. The van der Waals surface area contributed by atoms with Gasteiger partial charge in [-0.2, -0.15) is 13.2 Å². The average molecular weight is 403 g/mol. The van der Waals surface area contributed by atoms with Crippen molar-refractivity contribution in [3.05, 3.63) is 70.9 Å². The lowest BCUT2D eigenvalue weighted by molar-refractivity contribution is -0.136. The number of fused-ring (bicyclic) bond motifs is 3. The molecule has 4 aromatic rings. The van der Waals surface area contributed by atoms with Crippen molar-refractivity contribution >= 4 is 28.0 Å². The summed E-state index contributed by atoms with van der Waals surface area (Å²) in [5, 5.41) is 0.211. The van der Waals surface area contributed by atoms with Crippen LogP contribution in [0.15, 0.2) is 48.5 Å². The van der Waals surface area contributed by atoms with Crippen molar-refractivity contribution in [2.45, 2.75) is 26.4 Å². The Morgan fingerprint density at radius 3 is 2.36 bits per heavy atom. The van der Waals surface area contributed by atoms with E-state index in [0.29, 0.717) is 23.3 Å². The molecule has 0 N–H and O–H groups in total. The van der Waals surface area contributed by atoms with Gasteiger partial charge in [0, 0.05) is 22.5 Å². The van der Waals surface area contributed by atoms with Crippen LogP contribution in [0.1, 0.15) is 22.4 Å². The maximum Gasteiger partial charge on any atom is 0.417 e. The maximum absolute atomic E-state index is 13.8. The Balaban J connectivity index is 2.27. The molecule has 2 aromatic heterocycles. The van der Waals surface area contributed by atoms with Gasteiger partial charge in [-0.05, 0) is 43.5 Å². The predicted molar refractivity (Wildman–Crippen MR) is 107 cm³/mol. The number of aryl methyl sites for hydroxylation is 3. The minimum absolute atomic E-state index is 0.211. The summed E-state index contributed by atoms with van der Waals surface area (Å²) in [6.07, 6.45) is -4.10. The van der Waals surface area contributed by atoms with E-state index in [1.165, 1.54) is 6.07 Å². The molecule has 0 aliphatic rings. The minimum atomic E-state index is -4.45. The summed E-state index contributed by atoms with van der Waals surface area (Å²) in [5.74, 6) is 0.867. The van der Waals surface area contributed by atoms with Crippen LogP contribution in [-0.4, -0.2) is 15.3 Å². The SMILES string of the molecule is Cc1nc(-c2ccccc2)n2c(c1C)c(CCCl)c1c(C(F)(F)F)cccc12. The fourth-order valence-corrected chi connectivity index (χ4v) is 4.04. The van der Waals surface area contributed by atoms with Crippen LogP contribution in [0.2, 0.25) is 0 Å². The number of benzene rings is 2. The van der Waals surface area contributed by atoms with Gasteiger partial charge in [-0.15, -0.1) is 11.6 Å². The Kier molecular flexibility index (Phi) is 4.58. The summed E-state index contributed by atoms with van der Waals surface area (Å²) in [6, 6.07) is 13.8. The number of halogens is 4. The molecule has 2 heterocycles. The van der Waals surface area contributed by atoms with Crippen molar-refractivity contribution in [1.82, 2.24) is 9.38 Å². The smallest absolute Gasteiger partial charge is 0.293 e. The van der Waals surface area contributed by atoms with Crippen LogP contribution in [0.3, 0.4) is 0 Å². The van der Waals surface area contributed by atoms with Crippen LogP contribution in [-0.2, 0) is 12.6 Å². The van der Waals surface area contributed by atoms with Crippen LogP contribution in [0.4, 0.5) is 13.2 Å². The highest BCUT2D eigenvalue weighted by atomic mass is 35.5. The summed E-state index contributed by atoms with van der Waals surface area (Å²) >= 11 is 6.00. The van der Waals surface area contributed by atoms with Crippen LogP contribution in [0.5, 0.6) is 0 Å². The molecule has 0 saturated carbocycles. The molecule has 0 unspecified atom stereocenters. The van der Waals surface area contributed by atoms with Crippen LogP contribution in [0.25, 0.3) is 27.8 Å². The molecule has 0 aliphatic carbocycles. The number of aromatic nitrogens is 2. The third kappa shape index (κ3) is 2.85. The van der Waals surface area contributed by atoms with Gasteiger partial charge in [0.25, 0.3) is 0 Å². The van der Waals surface area contributed by atoms with Crippen LogP contribution < -0.4 is 0 Å². The molecular formula is C22H18ClF3N2. The fraction of sp³-hybridized carbons (Fsp3) is 0.227. The van der Waals surface area contributed by atoms with E-state index in [0.717, 1.165) is 28.4 Å². The van der Waals surface area contributed by atoms with Gasteiger partial charge in [-0.25, -0.2) is 4.98 Å². The zero-order valence-electron chi connectivity index (χ0n) is 15.4. The van der Waals surface area contributed by atoms with Gasteiger partial charge in [-0.1, -0.05) is 36.4 Å². The van der Waals surface area contributed by atoms with Crippen molar-refractivity contribution < 1.29 is 13.2 Å². The highest BCUT2D eigenvalue weighted by Crippen LogP contribution is 2.41. The molecule has 0 fully saturated rings. The van der Waals surface area contributed by atoms with Crippen molar-refractivity contribution in [1.29, 1.82) is 0 Å². The zero-order chi connectivity index (χ0) is 20.1. The quantitative estimate of drug-likeness (QED) is 0.354. The van der Waals surface area contributed by atoms with E-state index in [-0.39, 0.29) is 11.3 Å². The Bertz CT molecular complexity index is 1180. The lowest BCUT2D eigenvalue weighted by atomic mass is 10.0. The van der Waals surface area contributed by atoms with Gasteiger partial charge in [0.05, 0.1) is 16.6 Å². The van der Waals surface area contributed by atoms with Gasteiger partial charge < -0.3 is 0 Å². The Morgan fingerprint density at radius 1 is 1.00 bits per heavy atom. The van der Waals surface area contributed by atoms with E-state index in [9.17, 15) is 13.2 Å². The lowest BCUT2D eigenvalue weighted by Crippen LogP contribution is -2.06. The largest absolute Gasteiger partial charge is 0.417 e. The van der Waals surface area contributed by atoms with E-state index >= 15 is 0 Å². The van der Waals surface area contributed by atoms with E-state index in [1.807, 2.05) is 48.6 Å². The summed E-state index contributed by atoms with van der Waals surface area (Å²) in [7, 11) is 0. The van der Waals surface area contributed by atoms with Crippen molar-refractivity contribution in [3.63, 3.8) is 0 Å². The molecule has 2 nitrogen and oxygen atoms in total. The molecule has 28 heavy (non-hydrogen) atoms. The third-order valence-electron chi connectivity index (χ3n) is 5.16.